The van der Waals surface area contributed by atoms with Gasteiger partial charge in [0.15, 0.2) is 0 Å². The van der Waals surface area contributed by atoms with E-state index in [1.54, 1.807) is 16.8 Å². The maximum Gasteiger partial charge on any atom is 0.317 e. The predicted octanol–water partition coefficient (Wildman–Crippen LogP) is 5.61. The number of likely N-dealkylation sites (N-methyl/N-ethyl adjacent to an activating group) is 1. The van der Waals surface area contributed by atoms with Crippen molar-refractivity contribution in [2.24, 2.45) is 13.0 Å². The van der Waals surface area contributed by atoms with Gasteiger partial charge in [-0.1, -0.05) is 79.7 Å². The molecule has 0 bridgehead atoms. The number of amides is 3. The monoisotopic (exact) mass is 582 g/mol. The Kier molecular flexibility index (Phi) is 9.18. The van der Waals surface area contributed by atoms with Crippen molar-refractivity contribution in [3.05, 3.63) is 95.7 Å². The van der Waals surface area contributed by atoms with E-state index in [0.29, 0.717) is 25.4 Å². The predicted molar refractivity (Wildman–Crippen MR) is 170 cm³/mol. The molecule has 226 valence electrons. The number of aliphatic hydroxyl groups is 1. The molecule has 3 aromatic carbocycles. The van der Waals surface area contributed by atoms with E-state index in [2.05, 4.69) is 5.32 Å². The van der Waals surface area contributed by atoms with E-state index in [0.717, 1.165) is 33.2 Å². The summed E-state index contributed by atoms with van der Waals surface area (Å²) in [5.74, 6) is -0.275. The van der Waals surface area contributed by atoms with Crippen molar-refractivity contribution < 1.29 is 19.4 Å². The van der Waals surface area contributed by atoms with Gasteiger partial charge in [-0.25, -0.2) is 4.79 Å². The Morgan fingerprint density at radius 3 is 2.47 bits per heavy atom. The van der Waals surface area contributed by atoms with Crippen LogP contribution in [0, 0.1) is 5.92 Å². The molecule has 0 spiro atoms. The third kappa shape index (κ3) is 6.17. The first-order chi connectivity index (χ1) is 20.7. The van der Waals surface area contributed by atoms with Crippen LogP contribution in [0.25, 0.3) is 22.0 Å². The zero-order valence-corrected chi connectivity index (χ0v) is 25.7. The molecule has 4 aromatic rings. The molecule has 0 saturated heterocycles. The topological polar surface area (TPSA) is 87.0 Å². The van der Waals surface area contributed by atoms with E-state index in [9.17, 15) is 14.7 Å². The number of carbonyl (C=O) groups excluding carboxylic acids is 2. The minimum absolute atomic E-state index is 0.136. The van der Waals surface area contributed by atoms with Crippen LogP contribution in [-0.2, 0) is 18.4 Å². The molecular weight excluding hydrogens is 540 g/mol. The van der Waals surface area contributed by atoms with Gasteiger partial charge < -0.3 is 29.5 Å². The number of nitrogens with one attached hydrogen (secondary N) is 1. The van der Waals surface area contributed by atoms with Crippen LogP contribution in [-0.4, -0.2) is 70.3 Å². The Hall–Kier alpha value is -4.14. The molecule has 43 heavy (non-hydrogen) atoms. The Bertz CT molecular complexity index is 1580. The number of urea groups is 1. The summed E-state index contributed by atoms with van der Waals surface area (Å²) < 4.78 is 8.59. The zero-order chi connectivity index (χ0) is 30.7. The standard InChI is InChI=1S/C35H42N4O4/c1-23-19-39(24(2)21-40)34(41)33-32(29-17-11-12-18-30(29)38(33)5)28-16-10-9-15-27(28)22-43-31(23)20-37(4)35(42)36-25(3)26-13-7-6-8-14-26/h6-18,23-25,31,40H,19-22H2,1-5H3,(H,36,42)/t23-,24+,25+,31-/m1/s1. The summed E-state index contributed by atoms with van der Waals surface area (Å²) in [7, 11) is 3.69. The maximum absolute atomic E-state index is 14.5. The van der Waals surface area contributed by atoms with Crippen LogP contribution in [0.1, 0.15) is 48.4 Å². The van der Waals surface area contributed by atoms with Crippen molar-refractivity contribution >= 4 is 22.8 Å². The minimum Gasteiger partial charge on any atom is -0.394 e. The molecule has 5 rings (SSSR count). The number of hydrogen-bond acceptors (Lipinski definition) is 4. The Morgan fingerprint density at radius 1 is 1.05 bits per heavy atom. The lowest BCUT2D eigenvalue weighted by Gasteiger charge is -2.35. The second kappa shape index (κ2) is 13.0. The van der Waals surface area contributed by atoms with Crippen LogP contribution in [0.3, 0.4) is 0 Å². The Morgan fingerprint density at radius 2 is 1.72 bits per heavy atom. The lowest BCUT2D eigenvalue weighted by Crippen LogP contribution is -2.49. The van der Waals surface area contributed by atoms with Gasteiger partial charge in [-0.2, -0.15) is 0 Å². The molecule has 8 heteroatoms. The molecule has 0 aliphatic carbocycles. The van der Waals surface area contributed by atoms with E-state index < -0.39 is 6.04 Å². The van der Waals surface area contributed by atoms with E-state index in [1.165, 1.54) is 0 Å². The number of aromatic nitrogens is 1. The van der Waals surface area contributed by atoms with Gasteiger partial charge in [-0.15, -0.1) is 0 Å². The molecule has 4 atom stereocenters. The molecule has 1 aromatic heterocycles. The molecule has 8 nitrogen and oxygen atoms in total. The highest BCUT2D eigenvalue weighted by atomic mass is 16.5. The summed E-state index contributed by atoms with van der Waals surface area (Å²) in [6.07, 6.45) is -0.366. The lowest BCUT2D eigenvalue weighted by molar-refractivity contribution is -0.0186. The minimum atomic E-state index is -0.412. The van der Waals surface area contributed by atoms with Crippen molar-refractivity contribution in [2.45, 2.75) is 45.6 Å². The van der Waals surface area contributed by atoms with Crippen molar-refractivity contribution in [3.8, 4) is 11.1 Å². The molecular formula is C35H42N4O4. The summed E-state index contributed by atoms with van der Waals surface area (Å²) in [4.78, 5) is 31.1. The number of hydrogen-bond donors (Lipinski definition) is 2. The molecule has 0 saturated carbocycles. The van der Waals surface area contributed by atoms with Gasteiger partial charge in [0.2, 0.25) is 0 Å². The van der Waals surface area contributed by atoms with Gasteiger partial charge in [0.25, 0.3) is 5.91 Å². The number of nitrogens with zero attached hydrogens (tertiary/aromatic N) is 3. The first-order valence-corrected chi connectivity index (χ1v) is 15.0. The third-order valence-electron chi connectivity index (χ3n) is 8.67. The van der Waals surface area contributed by atoms with Gasteiger partial charge in [-0.3, -0.25) is 4.79 Å². The number of fused-ring (bicyclic) bond motifs is 5. The largest absolute Gasteiger partial charge is 0.394 e. The molecule has 3 amide bonds. The Balaban J connectivity index is 1.50. The molecule has 0 fully saturated rings. The van der Waals surface area contributed by atoms with Gasteiger partial charge in [0.05, 0.1) is 31.4 Å². The fourth-order valence-corrected chi connectivity index (χ4v) is 6.00. The van der Waals surface area contributed by atoms with Gasteiger partial charge in [-0.05, 0) is 36.6 Å². The summed E-state index contributed by atoms with van der Waals surface area (Å²) in [6, 6.07) is 25.2. The maximum atomic E-state index is 14.5. The quantitative estimate of drug-likeness (QED) is 0.310. The fourth-order valence-electron chi connectivity index (χ4n) is 6.00. The van der Waals surface area contributed by atoms with Crippen LogP contribution in [0.15, 0.2) is 78.9 Å². The summed E-state index contributed by atoms with van der Waals surface area (Å²) in [6.45, 7) is 6.72. The van der Waals surface area contributed by atoms with Gasteiger partial charge in [0.1, 0.15) is 5.69 Å². The van der Waals surface area contributed by atoms with Crippen molar-refractivity contribution in [1.29, 1.82) is 0 Å². The summed E-state index contributed by atoms with van der Waals surface area (Å²) >= 11 is 0. The SMILES string of the molecule is C[C@H](NC(=O)N(C)C[C@H]1OCc2ccccc2-c2c(n(C)c3ccccc23)C(=O)N([C@@H](C)CO)C[C@H]1C)c1ccccc1. The number of ether oxygens (including phenoxy) is 1. The fraction of sp³-hybridized carbons (Fsp3) is 0.371. The van der Waals surface area contributed by atoms with Gasteiger partial charge in [0, 0.05) is 49.6 Å². The van der Waals surface area contributed by atoms with Crippen LogP contribution in [0.5, 0.6) is 0 Å². The second-order valence-corrected chi connectivity index (χ2v) is 11.7. The lowest BCUT2D eigenvalue weighted by atomic mass is 9.96. The normalized spacial score (nSPS) is 18.7. The number of rotatable bonds is 6. The van der Waals surface area contributed by atoms with E-state index >= 15 is 0 Å². The van der Waals surface area contributed by atoms with Gasteiger partial charge >= 0.3 is 6.03 Å². The highest BCUT2D eigenvalue weighted by Gasteiger charge is 2.34. The van der Waals surface area contributed by atoms with Crippen LogP contribution < -0.4 is 5.32 Å². The second-order valence-electron chi connectivity index (χ2n) is 11.7. The van der Waals surface area contributed by atoms with Crippen LogP contribution in [0.2, 0.25) is 0 Å². The highest BCUT2D eigenvalue weighted by Crippen LogP contribution is 2.38. The number of aliphatic hydroxyl groups excluding tert-OH is 1. The van der Waals surface area contributed by atoms with E-state index in [4.69, 9.17) is 4.74 Å². The Labute approximate surface area is 253 Å². The van der Waals surface area contributed by atoms with Crippen molar-refractivity contribution in [1.82, 2.24) is 19.7 Å². The summed E-state index contributed by atoms with van der Waals surface area (Å²) in [5, 5.41) is 14.3. The average molecular weight is 583 g/mol. The molecule has 2 heterocycles. The first-order valence-electron chi connectivity index (χ1n) is 15.0. The van der Waals surface area contributed by atoms with E-state index in [1.807, 2.05) is 111 Å². The third-order valence-corrected chi connectivity index (χ3v) is 8.67. The molecule has 1 aliphatic heterocycles. The van der Waals surface area contributed by atoms with Crippen LogP contribution in [0.4, 0.5) is 4.79 Å². The van der Waals surface area contributed by atoms with Crippen molar-refractivity contribution in [3.63, 3.8) is 0 Å². The number of benzene rings is 3. The number of para-hydroxylation sites is 1. The molecule has 0 radical (unpaired) electrons. The van der Waals surface area contributed by atoms with E-state index in [-0.39, 0.29) is 36.6 Å². The molecule has 0 unspecified atom stereocenters. The number of carbonyl (C=O) groups is 2. The zero-order valence-electron chi connectivity index (χ0n) is 25.7. The average Bonchev–Trinajstić information content (AvgIpc) is 3.32. The molecule has 1 aliphatic rings. The van der Waals surface area contributed by atoms with Crippen LogP contribution >= 0.6 is 0 Å². The number of aryl methyl sites for hydroxylation is 1. The smallest absolute Gasteiger partial charge is 0.317 e. The highest BCUT2D eigenvalue weighted by molar-refractivity contribution is 6.10. The first kappa shape index (κ1) is 30.3. The van der Waals surface area contributed by atoms with Crippen molar-refractivity contribution in [2.75, 3.05) is 26.7 Å². The molecule has 2 N–H and O–H groups in total. The summed E-state index contributed by atoms with van der Waals surface area (Å²) in [5.41, 5.74) is 5.36.